The Morgan fingerprint density at radius 1 is 0.733 bits per heavy atom. The molecule has 2 amide bonds. The molecule has 6 heteroatoms. The van der Waals surface area contributed by atoms with Crippen molar-refractivity contribution in [3.8, 4) is 11.5 Å². The topological polar surface area (TPSA) is 76.7 Å². The normalized spacial score (nSPS) is 10.3. The predicted molar refractivity (Wildman–Crippen MR) is 118 cm³/mol. The van der Waals surface area contributed by atoms with Gasteiger partial charge in [0.15, 0.2) is 0 Å². The highest BCUT2D eigenvalue weighted by Crippen LogP contribution is 2.15. The van der Waals surface area contributed by atoms with Gasteiger partial charge in [0.2, 0.25) is 0 Å². The van der Waals surface area contributed by atoms with Crippen LogP contribution in [0, 0.1) is 0 Å². The second-order valence-electron chi connectivity index (χ2n) is 6.97. The SMILES string of the molecule is CCCCOc1cccc(C(=O)NCCNC(=O)c2cccc(OCCCC)c2)c1. The first kappa shape index (κ1) is 23.3. The summed E-state index contributed by atoms with van der Waals surface area (Å²) >= 11 is 0. The average Bonchev–Trinajstić information content (AvgIpc) is 2.77. The molecule has 6 nitrogen and oxygen atoms in total. The van der Waals surface area contributed by atoms with E-state index in [0.717, 1.165) is 25.7 Å². The molecule has 0 saturated carbocycles. The number of unbranched alkanes of at least 4 members (excludes halogenated alkanes) is 2. The monoisotopic (exact) mass is 412 g/mol. The quantitative estimate of drug-likeness (QED) is 0.483. The van der Waals surface area contributed by atoms with Crippen LogP contribution in [-0.4, -0.2) is 38.1 Å². The van der Waals surface area contributed by atoms with Gasteiger partial charge in [-0.25, -0.2) is 0 Å². The number of benzene rings is 2. The van der Waals surface area contributed by atoms with E-state index in [2.05, 4.69) is 24.5 Å². The fraction of sp³-hybridized carbons (Fsp3) is 0.417. The maximum absolute atomic E-state index is 12.3. The standard InChI is InChI=1S/C24H32N2O4/c1-3-5-15-29-21-11-7-9-19(17-21)23(27)25-13-14-26-24(28)20-10-8-12-22(18-20)30-16-6-4-2/h7-12,17-18H,3-6,13-16H2,1-2H3,(H,25,27)(H,26,28). The Balaban J connectivity index is 1.75. The number of hydrogen-bond acceptors (Lipinski definition) is 4. The summed E-state index contributed by atoms with van der Waals surface area (Å²) in [7, 11) is 0. The van der Waals surface area contributed by atoms with Gasteiger partial charge in [0.1, 0.15) is 11.5 Å². The molecule has 0 heterocycles. The van der Waals surface area contributed by atoms with Crippen LogP contribution in [0.2, 0.25) is 0 Å². The molecular weight excluding hydrogens is 380 g/mol. The summed E-state index contributed by atoms with van der Waals surface area (Å²) in [5.74, 6) is 0.976. The number of nitrogens with one attached hydrogen (secondary N) is 2. The van der Waals surface area contributed by atoms with Gasteiger partial charge >= 0.3 is 0 Å². The highest BCUT2D eigenvalue weighted by atomic mass is 16.5. The molecule has 0 aliphatic rings. The van der Waals surface area contributed by atoms with Gasteiger partial charge in [-0.05, 0) is 49.2 Å². The van der Waals surface area contributed by atoms with Gasteiger partial charge in [-0.2, -0.15) is 0 Å². The third kappa shape index (κ3) is 8.15. The molecule has 2 N–H and O–H groups in total. The average molecular weight is 413 g/mol. The van der Waals surface area contributed by atoms with Gasteiger partial charge in [0.05, 0.1) is 13.2 Å². The fourth-order valence-electron chi connectivity index (χ4n) is 2.68. The lowest BCUT2D eigenvalue weighted by molar-refractivity contribution is 0.0927. The first-order valence-corrected chi connectivity index (χ1v) is 10.7. The van der Waals surface area contributed by atoms with Crippen LogP contribution in [0.4, 0.5) is 0 Å². The van der Waals surface area contributed by atoms with Crippen LogP contribution in [0.15, 0.2) is 48.5 Å². The molecule has 162 valence electrons. The lowest BCUT2D eigenvalue weighted by Gasteiger charge is -2.10. The Labute approximate surface area is 179 Å². The fourth-order valence-corrected chi connectivity index (χ4v) is 2.68. The Hall–Kier alpha value is -3.02. The van der Waals surface area contributed by atoms with E-state index >= 15 is 0 Å². The zero-order valence-corrected chi connectivity index (χ0v) is 17.9. The first-order chi connectivity index (χ1) is 14.6. The zero-order valence-electron chi connectivity index (χ0n) is 17.9. The second-order valence-corrected chi connectivity index (χ2v) is 6.97. The smallest absolute Gasteiger partial charge is 0.251 e. The number of rotatable bonds is 13. The van der Waals surface area contributed by atoms with E-state index in [1.165, 1.54) is 0 Å². The third-order valence-corrected chi connectivity index (χ3v) is 4.42. The second kappa shape index (κ2) is 13.2. The molecule has 0 aromatic heterocycles. The summed E-state index contributed by atoms with van der Waals surface area (Å²) in [5, 5.41) is 5.62. The van der Waals surface area contributed by atoms with Gasteiger partial charge in [-0.15, -0.1) is 0 Å². The molecule has 0 spiro atoms. The van der Waals surface area contributed by atoms with Crippen molar-refractivity contribution in [2.24, 2.45) is 0 Å². The van der Waals surface area contributed by atoms with Crippen LogP contribution < -0.4 is 20.1 Å². The van der Waals surface area contributed by atoms with Crippen molar-refractivity contribution in [1.29, 1.82) is 0 Å². The first-order valence-electron chi connectivity index (χ1n) is 10.7. The Morgan fingerprint density at radius 2 is 1.17 bits per heavy atom. The van der Waals surface area contributed by atoms with Crippen molar-refractivity contribution in [2.75, 3.05) is 26.3 Å². The molecule has 0 atom stereocenters. The predicted octanol–water partition coefficient (Wildman–Crippen LogP) is 4.20. The molecule has 0 aliphatic heterocycles. The number of hydrogen-bond donors (Lipinski definition) is 2. The Bertz CT molecular complexity index is 740. The molecule has 0 saturated heterocycles. The van der Waals surface area contributed by atoms with Crippen LogP contribution in [-0.2, 0) is 0 Å². The van der Waals surface area contributed by atoms with Crippen LogP contribution in [0.25, 0.3) is 0 Å². The number of ether oxygens (including phenoxy) is 2. The zero-order chi connectivity index (χ0) is 21.6. The van der Waals surface area contributed by atoms with Gasteiger partial charge in [0, 0.05) is 24.2 Å². The van der Waals surface area contributed by atoms with Crippen LogP contribution in [0.5, 0.6) is 11.5 Å². The number of carbonyl (C=O) groups excluding carboxylic acids is 2. The van der Waals surface area contributed by atoms with Crippen LogP contribution in [0.3, 0.4) is 0 Å². The van der Waals surface area contributed by atoms with Crippen molar-refractivity contribution in [2.45, 2.75) is 39.5 Å². The molecule has 30 heavy (non-hydrogen) atoms. The lowest BCUT2D eigenvalue weighted by Crippen LogP contribution is -2.34. The Kier molecular flexibility index (Phi) is 10.3. The van der Waals surface area contributed by atoms with Crippen LogP contribution >= 0.6 is 0 Å². The summed E-state index contributed by atoms with van der Waals surface area (Å²) in [6.45, 7) is 6.14. The summed E-state index contributed by atoms with van der Waals surface area (Å²) < 4.78 is 11.3. The van der Waals surface area contributed by atoms with Crippen LogP contribution in [0.1, 0.15) is 60.2 Å². The lowest BCUT2D eigenvalue weighted by atomic mass is 10.2. The van der Waals surface area contributed by atoms with E-state index in [4.69, 9.17) is 9.47 Å². The van der Waals surface area contributed by atoms with Gasteiger partial charge < -0.3 is 20.1 Å². The third-order valence-electron chi connectivity index (χ3n) is 4.42. The van der Waals surface area contributed by atoms with E-state index in [0.29, 0.717) is 48.9 Å². The molecule has 2 aromatic rings. The minimum atomic E-state index is -0.198. The summed E-state index contributed by atoms with van der Waals surface area (Å²) in [4.78, 5) is 24.6. The van der Waals surface area contributed by atoms with E-state index in [-0.39, 0.29) is 11.8 Å². The number of carbonyl (C=O) groups is 2. The van der Waals surface area contributed by atoms with Crippen molar-refractivity contribution >= 4 is 11.8 Å². The maximum Gasteiger partial charge on any atom is 0.251 e. The molecule has 0 radical (unpaired) electrons. The molecule has 2 aromatic carbocycles. The molecule has 0 fully saturated rings. The highest BCUT2D eigenvalue weighted by Gasteiger charge is 2.09. The van der Waals surface area contributed by atoms with Crippen molar-refractivity contribution < 1.29 is 19.1 Å². The van der Waals surface area contributed by atoms with E-state index in [1.54, 1.807) is 36.4 Å². The summed E-state index contributed by atoms with van der Waals surface area (Å²) in [6.07, 6.45) is 4.07. The maximum atomic E-state index is 12.3. The van der Waals surface area contributed by atoms with Crippen molar-refractivity contribution in [3.05, 3.63) is 59.7 Å². The minimum Gasteiger partial charge on any atom is -0.494 e. The van der Waals surface area contributed by atoms with E-state index in [1.807, 2.05) is 12.1 Å². The van der Waals surface area contributed by atoms with Crippen molar-refractivity contribution in [1.82, 2.24) is 10.6 Å². The molecule has 0 bridgehead atoms. The molecule has 2 rings (SSSR count). The van der Waals surface area contributed by atoms with Crippen molar-refractivity contribution in [3.63, 3.8) is 0 Å². The molecule has 0 aliphatic carbocycles. The molecule has 0 unspecified atom stereocenters. The van der Waals surface area contributed by atoms with E-state index < -0.39 is 0 Å². The van der Waals surface area contributed by atoms with Gasteiger partial charge in [0.25, 0.3) is 11.8 Å². The number of amides is 2. The highest BCUT2D eigenvalue weighted by molar-refractivity contribution is 5.95. The molecular formula is C24H32N2O4. The summed E-state index contributed by atoms with van der Waals surface area (Å²) in [6, 6.07) is 14.2. The minimum absolute atomic E-state index is 0.198. The Morgan fingerprint density at radius 3 is 1.57 bits per heavy atom. The summed E-state index contributed by atoms with van der Waals surface area (Å²) in [5.41, 5.74) is 1.07. The van der Waals surface area contributed by atoms with Gasteiger partial charge in [-0.3, -0.25) is 9.59 Å². The van der Waals surface area contributed by atoms with E-state index in [9.17, 15) is 9.59 Å². The largest absolute Gasteiger partial charge is 0.494 e. The van der Waals surface area contributed by atoms with Gasteiger partial charge in [-0.1, -0.05) is 38.8 Å².